The molecule has 1 aromatic rings. The lowest BCUT2D eigenvalue weighted by Gasteiger charge is -2.22. The van der Waals surface area contributed by atoms with Crippen LogP contribution in [-0.4, -0.2) is 24.7 Å². The Balaban J connectivity index is 2.82. The molecule has 1 rings (SSSR count). The summed E-state index contributed by atoms with van der Waals surface area (Å²) in [6, 6.07) is 7.34. The molecule has 4 heteroatoms. The van der Waals surface area contributed by atoms with Crippen LogP contribution in [0.4, 0.5) is 0 Å². The first-order valence-electron chi connectivity index (χ1n) is 5.08. The number of rotatable bonds is 5. The van der Waals surface area contributed by atoms with Crippen molar-refractivity contribution in [3.05, 3.63) is 29.8 Å². The third kappa shape index (κ3) is 2.73. The summed E-state index contributed by atoms with van der Waals surface area (Å²) in [7, 11) is 1.59. The van der Waals surface area contributed by atoms with E-state index in [0.29, 0.717) is 6.42 Å². The van der Waals surface area contributed by atoms with E-state index in [9.17, 15) is 4.79 Å². The zero-order chi connectivity index (χ0) is 12.2. The minimum absolute atomic E-state index is 0.119. The van der Waals surface area contributed by atoms with Crippen molar-refractivity contribution in [2.45, 2.75) is 13.3 Å². The standard InChI is InChI=1S/C12H17NO3/c1-12(8-13,11(14)15)7-9-3-5-10(16-2)6-4-9/h3-6H,7-8,13H2,1-2H3,(H,14,15). The van der Waals surface area contributed by atoms with E-state index < -0.39 is 11.4 Å². The van der Waals surface area contributed by atoms with Crippen LogP contribution in [0.2, 0.25) is 0 Å². The van der Waals surface area contributed by atoms with Crippen molar-refractivity contribution < 1.29 is 14.6 Å². The molecule has 0 saturated heterocycles. The normalized spacial score (nSPS) is 14.2. The maximum atomic E-state index is 11.1. The van der Waals surface area contributed by atoms with Crippen molar-refractivity contribution in [2.75, 3.05) is 13.7 Å². The summed E-state index contributed by atoms with van der Waals surface area (Å²) in [5, 5.41) is 9.09. The average Bonchev–Trinajstić information content (AvgIpc) is 2.29. The van der Waals surface area contributed by atoms with Gasteiger partial charge in [-0.2, -0.15) is 0 Å². The molecule has 1 atom stereocenters. The highest BCUT2D eigenvalue weighted by molar-refractivity contribution is 5.74. The Morgan fingerprint density at radius 1 is 1.44 bits per heavy atom. The van der Waals surface area contributed by atoms with E-state index >= 15 is 0 Å². The topological polar surface area (TPSA) is 72.5 Å². The van der Waals surface area contributed by atoms with Gasteiger partial charge in [-0.25, -0.2) is 0 Å². The highest BCUT2D eigenvalue weighted by Gasteiger charge is 2.31. The van der Waals surface area contributed by atoms with E-state index in [-0.39, 0.29) is 6.54 Å². The first kappa shape index (κ1) is 12.5. The molecule has 0 fully saturated rings. The Labute approximate surface area is 95.0 Å². The van der Waals surface area contributed by atoms with E-state index in [1.807, 2.05) is 24.3 Å². The second-order valence-electron chi connectivity index (χ2n) is 4.09. The van der Waals surface area contributed by atoms with E-state index in [1.54, 1.807) is 14.0 Å². The van der Waals surface area contributed by atoms with Crippen LogP contribution < -0.4 is 10.5 Å². The molecule has 0 aliphatic carbocycles. The molecule has 0 spiro atoms. The lowest BCUT2D eigenvalue weighted by molar-refractivity contribution is -0.147. The van der Waals surface area contributed by atoms with Gasteiger partial charge in [0.15, 0.2) is 0 Å². The summed E-state index contributed by atoms with van der Waals surface area (Å²) < 4.78 is 5.03. The molecule has 1 unspecified atom stereocenters. The highest BCUT2D eigenvalue weighted by atomic mass is 16.5. The fourth-order valence-electron chi connectivity index (χ4n) is 1.43. The van der Waals surface area contributed by atoms with Gasteiger partial charge in [-0.05, 0) is 31.0 Å². The lowest BCUT2D eigenvalue weighted by Crippen LogP contribution is -2.37. The van der Waals surface area contributed by atoms with Crippen LogP contribution in [-0.2, 0) is 11.2 Å². The van der Waals surface area contributed by atoms with Gasteiger partial charge in [0.2, 0.25) is 0 Å². The predicted molar refractivity (Wildman–Crippen MR) is 61.5 cm³/mol. The smallest absolute Gasteiger partial charge is 0.310 e. The fraction of sp³-hybridized carbons (Fsp3) is 0.417. The Kier molecular flexibility index (Phi) is 3.90. The number of carboxylic acid groups (broad SMARTS) is 1. The van der Waals surface area contributed by atoms with Crippen molar-refractivity contribution in [1.29, 1.82) is 0 Å². The Morgan fingerprint density at radius 2 is 2.00 bits per heavy atom. The minimum atomic E-state index is -0.908. The number of carbonyl (C=O) groups is 1. The second-order valence-corrected chi connectivity index (χ2v) is 4.09. The minimum Gasteiger partial charge on any atom is -0.497 e. The number of aliphatic carboxylic acids is 1. The zero-order valence-electron chi connectivity index (χ0n) is 9.56. The highest BCUT2D eigenvalue weighted by Crippen LogP contribution is 2.23. The number of nitrogens with two attached hydrogens (primary N) is 1. The molecule has 0 heterocycles. The Hall–Kier alpha value is -1.55. The third-order valence-electron chi connectivity index (χ3n) is 2.72. The summed E-state index contributed by atoms with van der Waals surface area (Å²) in [6.45, 7) is 1.77. The number of hydrogen-bond acceptors (Lipinski definition) is 3. The SMILES string of the molecule is COc1ccc(CC(C)(CN)C(=O)O)cc1. The van der Waals surface area contributed by atoms with Crippen molar-refractivity contribution in [3.8, 4) is 5.75 Å². The predicted octanol–water partition coefficient (Wildman–Crippen LogP) is 1.29. The third-order valence-corrected chi connectivity index (χ3v) is 2.72. The molecule has 0 bridgehead atoms. The van der Waals surface area contributed by atoms with Crippen LogP contribution in [0.5, 0.6) is 5.75 Å². The first-order chi connectivity index (χ1) is 7.51. The van der Waals surface area contributed by atoms with E-state index in [2.05, 4.69) is 0 Å². The molecule has 0 aliphatic rings. The maximum Gasteiger partial charge on any atom is 0.310 e. The van der Waals surface area contributed by atoms with Crippen LogP contribution in [0.3, 0.4) is 0 Å². The molecule has 0 aliphatic heterocycles. The van der Waals surface area contributed by atoms with E-state index in [0.717, 1.165) is 11.3 Å². The van der Waals surface area contributed by atoms with Gasteiger partial charge in [-0.15, -0.1) is 0 Å². The molecule has 4 nitrogen and oxygen atoms in total. The summed E-state index contributed by atoms with van der Waals surface area (Å²) in [5.41, 5.74) is 5.54. The number of ether oxygens (including phenoxy) is 1. The monoisotopic (exact) mass is 223 g/mol. The van der Waals surface area contributed by atoms with E-state index in [1.165, 1.54) is 0 Å². The Morgan fingerprint density at radius 3 is 2.38 bits per heavy atom. The Bertz CT molecular complexity index is 361. The van der Waals surface area contributed by atoms with Gasteiger partial charge >= 0.3 is 5.97 Å². The van der Waals surface area contributed by atoms with Gasteiger partial charge in [0, 0.05) is 6.54 Å². The molecule has 16 heavy (non-hydrogen) atoms. The average molecular weight is 223 g/mol. The number of methoxy groups -OCH3 is 1. The number of benzene rings is 1. The summed E-state index contributed by atoms with van der Waals surface area (Å²) >= 11 is 0. The van der Waals surface area contributed by atoms with E-state index in [4.69, 9.17) is 15.6 Å². The summed E-state index contributed by atoms with van der Waals surface area (Å²) in [6.07, 6.45) is 0.419. The van der Waals surface area contributed by atoms with Gasteiger partial charge < -0.3 is 15.6 Å². The van der Waals surface area contributed by atoms with Gasteiger partial charge in [-0.3, -0.25) is 4.79 Å². The number of hydrogen-bond donors (Lipinski definition) is 2. The molecule has 0 amide bonds. The van der Waals surface area contributed by atoms with Gasteiger partial charge in [0.1, 0.15) is 5.75 Å². The van der Waals surface area contributed by atoms with Gasteiger partial charge in [0.05, 0.1) is 12.5 Å². The molecule has 0 aromatic heterocycles. The first-order valence-corrected chi connectivity index (χ1v) is 5.08. The van der Waals surface area contributed by atoms with Gasteiger partial charge in [0.25, 0.3) is 0 Å². The quantitative estimate of drug-likeness (QED) is 0.788. The molecule has 0 radical (unpaired) electrons. The molecular weight excluding hydrogens is 206 g/mol. The second kappa shape index (κ2) is 4.99. The number of carboxylic acids is 1. The van der Waals surface area contributed by atoms with Crippen LogP contribution in [0.25, 0.3) is 0 Å². The van der Waals surface area contributed by atoms with Crippen molar-refractivity contribution in [3.63, 3.8) is 0 Å². The molecule has 3 N–H and O–H groups in total. The van der Waals surface area contributed by atoms with Crippen LogP contribution >= 0.6 is 0 Å². The van der Waals surface area contributed by atoms with Crippen LogP contribution in [0, 0.1) is 5.41 Å². The molecular formula is C12H17NO3. The van der Waals surface area contributed by atoms with Crippen molar-refractivity contribution in [1.82, 2.24) is 0 Å². The van der Waals surface area contributed by atoms with Crippen LogP contribution in [0.1, 0.15) is 12.5 Å². The van der Waals surface area contributed by atoms with Crippen molar-refractivity contribution in [2.24, 2.45) is 11.1 Å². The van der Waals surface area contributed by atoms with Crippen LogP contribution in [0.15, 0.2) is 24.3 Å². The fourth-order valence-corrected chi connectivity index (χ4v) is 1.43. The molecule has 88 valence electrons. The maximum absolute atomic E-state index is 11.1. The summed E-state index contributed by atoms with van der Waals surface area (Å²) in [4.78, 5) is 11.1. The largest absolute Gasteiger partial charge is 0.497 e. The summed E-state index contributed by atoms with van der Waals surface area (Å²) in [5.74, 6) is -0.112. The zero-order valence-corrected chi connectivity index (χ0v) is 9.56. The van der Waals surface area contributed by atoms with Crippen molar-refractivity contribution >= 4 is 5.97 Å². The molecule has 0 saturated carbocycles. The molecule has 1 aromatic carbocycles. The van der Waals surface area contributed by atoms with Gasteiger partial charge in [-0.1, -0.05) is 12.1 Å². The lowest BCUT2D eigenvalue weighted by atomic mass is 9.84.